The zero-order chi connectivity index (χ0) is 22.7. The molecular weight excluding hydrogens is 439 g/mol. The van der Waals surface area contributed by atoms with Crippen LogP contribution in [0.25, 0.3) is 10.9 Å². The molecule has 32 heavy (non-hydrogen) atoms. The number of nitrogens with zero attached hydrogens (tertiary/aromatic N) is 3. The Bertz CT molecular complexity index is 1250. The van der Waals surface area contributed by atoms with E-state index in [1.807, 2.05) is 4.90 Å². The van der Waals surface area contributed by atoms with Gasteiger partial charge in [0.2, 0.25) is 11.2 Å². The Morgan fingerprint density at radius 2 is 2.09 bits per heavy atom. The predicted molar refractivity (Wildman–Crippen MR) is 119 cm³/mol. The maximum Gasteiger partial charge on any atom is 0.266 e. The number of halogens is 2. The lowest BCUT2D eigenvalue weighted by molar-refractivity contribution is -0.465. The summed E-state index contributed by atoms with van der Waals surface area (Å²) in [6.45, 7) is 0.0695. The minimum absolute atomic E-state index is 0.00774. The van der Waals surface area contributed by atoms with Gasteiger partial charge in [0.15, 0.2) is 0 Å². The summed E-state index contributed by atoms with van der Waals surface area (Å²) in [5.41, 5.74) is 6.99. The van der Waals surface area contributed by atoms with Crippen LogP contribution in [0.5, 0.6) is 0 Å². The molecule has 1 aliphatic heterocycles. The van der Waals surface area contributed by atoms with Crippen molar-refractivity contribution < 1.29 is 14.1 Å². The van der Waals surface area contributed by atoms with Gasteiger partial charge < -0.3 is 15.2 Å². The van der Waals surface area contributed by atoms with Gasteiger partial charge in [0.05, 0.1) is 27.2 Å². The number of rotatable bonds is 5. The highest BCUT2D eigenvalue weighted by molar-refractivity contribution is 6.38. The molecule has 2 N–H and O–H groups in total. The van der Waals surface area contributed by atoms with E-state index in [1.54, 1.807) is 4.57 Å². The highest BCUT2D eigenvalue weighted by atomic mass is 35.5. The number of ketones is 1. The van der Waals surface area contributed by atoms with Gasteiger partial charge in [-0.3, -0.25) is 19.7 Å². The van der Waals surface area contributed by atoms with Crippen LogP contribution in [-0.2, 0) is 0 Å². The molecule has 0 amide bonds. The van der Waals surface area contributed by atoms with Gasteiger partial charge in [0.25, 0.3) is 6.54 Å². The van der Waals surface area contributed by atoms with Crippen LogP contribution in [0.4, 0.5) is 10.1 Å². The minimum Gasteiger partial charge on any atom is -0.363 e. The van der Waals surface area contributed by atoms with E-state index in [1.165, 1.54) is 11.8 Å². The first kappa shape index (κ1) is 21.1. The molecule has 1 aromatic heterocycles. The average molecular weight is 461 g/mol. The summed E-state index contributed by atoms with van der Waals surface area (Å²) in [5.74, 6) is -1.42. The maximum absolute atomic E-state index is 15.4. The van der Waals surface area contributed by atoms with Crippen molar-refractivity contribution in [3.63, 3.8) is 0 Å². The summed E-state index contributed by atoms with van der Waals surface area (Å²) in [6, 6.07) is 1.13. The lowest BCUT2D eigenvalue weighted by Gasteiger charge is -2.25. The summed E-state index contributed by atoms with van der Waals surface area (Å²) in [5, 5.41) is 10.9. The molecule has 3 aliphatic rings. The molecule has 1 aromatic carbocycles. The van der Waals surface area contributed by atoms with Gasteiger partial charge in [0.1, 0.15) is 5.82 Å². The molecule has 0 spiro atoms. The molecule has 0 unspecified atom stereocenters. The molecule has 1 saturated carbocycles. The van der Waals surface area contributed by atoms with Crippen LogP contribution in [0.15, 0.2) is 28.7 Å². The van der Waals surface area contributed by atoms with Gasteiger partial charge >= 0.3 is 0 Å². The normalized spacial score (nSPS) is 22.7. The number of fused-ring (bicyclic) bond motifs is 2. The number of anilines is 1. The minimum atomic E-state index is -0.996. The highest BCUT2D eigenvalue weighted by Crippen LogP contribution is 2.44. The molecule has 2 fully saturated rings. The second-order valence-electron chi connectivity index (χ2n) is 8.85. The monoisotopic (exact) mass is 460 g/mol. The Morgan fingerprint density at radius 1 is 1.34 bits per heavy atom. The fourth-order valence-corrected chi connectivity index (χ4v) is 5.39. The number of pyridine rings is 1. The smallest absolute Gasteiger partial charge is 0.266 e. The fourth-order valence-electron chi connectivity index (χ4n) is 4.98. The molecule has 5 rings (SSSR count). The average Bonchev–Trinajstić information content (AvgIpc) is 3.47. The highest BCUT2D eigenvalue weighted by Gasteiger charge is 2.37. The molecule has 1 saturated heterocycles. The third-order valence-electron chi connectivity index (χ3n) is 6.70. The topological polar surface area (TPSA) is 111 Å². The Balaban J connectivity index is 1.67. The number of carbonyl (C=O) groups excluding carboxylic acids is 1. The summed E-state index contributed by atoms with van der Waals surface area (Å²) >= 11 is 6.74. The van der Waals surface area contributed by atoms with Crippen LogP contribution in [0, 0.1) is 21.8 Å². The first-order valence-corrected chi connectivity index (χ1v) is 11.1. The van der Waals surface area contributed by atoms with Crippen molar-refractivity contribution >= 4 is 34.0 Å². The number of hydrogen-bond donors (Lipinski definition) is 1. The van der Waals surface area contributed by atoms with Crippen LogP contribution in [0.2, 0.25) is 5.02 Å². The zero-order valence-electron chi connectivity index (χ0n) is 17.2. The van der Waals surface area contributed by atoms with Gasteiger partial charge in [-0.05, 0) is 37.3 Å². The van der Waals surface area contributed by atoms with Crippen molar-refractivity contribution in [2.24, 2.45) is 11.7 Å². The number of hydrogen-bond acceptors (Lipinski definition) is 6. The Morgan fingerprint density at radius 3 is 2.75 bits per heavy atom. The number of carbonyl (C=O) groups is 1. The van der Waals surface area contributed by atoms with Gasteiger partial charge in [-0.2, -0.15) is 0 Å². The molecule has 2 atom stereocenters. The van der Waals surface area contributed by atoms with Gasteiger partial charge in [-0.1, -0.05) is 17.7 Å². The van der Waals surface area contributed by atoms with Crippen molar-refractivity contribution in [2.45, 2.75) is 37.8 Å². The van der Waals surface area contributed by atoms with Crippen LogP contribution < -0.4 is 16.1 Å². The number of nitrogens with two attached hydrogens (primary N) is 1. The van der Waals surface area contributed by atoms with Crippen molar-refractivity contribution in [1.29, 1.82) is 0 Å². The predicted octanol–water partition coefficient (Wildman–Crippen LogP) is 3.07. The van der Waals surface area contributed by atoms with Gasteiger partial charge in [-0.15, -0.1) is 0 Å². The van der Waals surface area contributed by atoms with Crippen LogP contribution in [0.1, 0.15) is 42.1 Å². The Labute approximate surface area is 187 Å². The zero-order valence-corrected chi connectivity index (χ0v) is 18.0. The third-order valence-corrected chi connectivity index (χ3v) is 7.06. The summed E-state index contributed by atoms with van der Waals surface area (Å²) < 4.78 is 17.1. The first-order chi connectivity index (χ1) is 15.3. The van der Waals surface area contributed by atoms with E-state index in [0.29, 0.717) is 18.6 Å². The van der Waals surface area contributed by atoms with E-state index < -0.39 is 28.5 Å². The lowest BCUT2D eigenvalue weighted by atomic mass is 9.86. The molecule has 2 heterocycles. The third kappa shape index (κ3) is 3.40. The number of nitro groups is 1. The van der Waals surface area contributed by atoms with E-state index in [2.05, 4.69) is 6.08 Å². The van der Waals surface area contributed by atoms with Gasteiger partial charge in [-0.25, -0.2) is 4.39 Å². The van der Waals surface area contributed by atoms with Crippen LogP contribution in [0.3, 0.4) is 0 Å². The molecule has 0 radical (unpaired) electrons. The molecule has 2 aromatic rings. The first-order valence-electron chi connectivity index (χ1n) is 10.7. The number of aromatic nitrogens is 1. The van der Waals surface area contributed by atoms with Crippen molar-refractivity contribution in [3.05, 3.63) is 60.7 Å². The van der Waals surface area contributed by atoms with Crippen molar-refractivity contribution in [2.75, 3.05) is 24.5 Å². The number of benzene rings is 1. The standard InChI is InChI=1S/C22H22ClFN4O4/c23-19-20-13(22(30)15(18(29)10-28(31)32)9-27(20)12-4-5-12)6-16(24)21(19)26-7-11-2-1-3-17(25)14(11)8-26/h2,6,9,12,14,17H,1,3-5,7-8,10,25H2/t14-,17+/m1/s1. The fraction of sp³-hybridized carbons (Fsp3) is 0.455. The molecule has 0 bridgehead atoms. The number of Topliss-reactive ketones (excluding diaryl/α,β-unsaturated/α-hetero) is 1. The van der Waals surface area contributed by atoms with E-state index in [4.69, 9.17) is 17.3 Å². The lowest BCUT2D eigenvalue weighted by Crippen LogP contribution is -2.34. The van der Waals surface area contributed by atoms with E-state index in [0.717, 1.165) is 31.7 Å². The second kappa shape index (κ2) is 7.67. The molecule has 168 valence electrons. The van der Waals surface area contributed by atoms with Gasteiger partial charge in [0, 0.05) is 42.2 Å². The SMILES string of the molecule is N[C@H]1CCC=C2CN(c3c(F)cc4c(=O)c(C(=O)C[N+](=O)[O-])cn(C5CC5)c4c3Cl)C[C@H]21. The molecular formula is C22H22ClFN4O4. The Hall–Kier alpha value is -2.78. The summed E-state index contributed by atoms with van der Waals surface area (Å²) in [7, 11) is 0. The molecule has 8 nitrogen and oxygen atoms in total. The van der Waals surface area contributed by atoms with E-state index >= 15 is 4.39 Å². The quantitative estimate of drug-likeness (QED) is 0.317. The molecule has 2 aliphatic carbocycles. The summed E-state index contributed by atoms with van der Waals surface area (Å²) in [6.07, 6.45) is 6.93. The van der Waals surface area contributed by atoms with Crippen molar-refractivity contribution in [1.82, 2.24) is 4.57 Å². The summed E-state index contributed by atoms with van der Waals surface area (Å²) in [4.78, 5) is 37.2. The van der Waals surface area contributed by atoms with Crippen LogP contribution in [-0.4, -0.2) is 40.9 Å². The molecule has 10 heteroatoms. The second-order valence-corrected chi connectivity index (χ2v) is 9.23. The van der Waals surface area contributed by atoms with E-state index in [9.17, 15) is 19.7 Å². The van der Waals surface area contributed by atoms with Crippen LogP contribution >= 0.6 is 11.6 Å². The largest absolute Gasteiger partial charge is 0.363 e. The van der Waals surface area contributed by atoms with Crippen molar-refractivity contribution in [3.8, 4) is 0 Å². The number of allylic oxidation sites excluding steroid dienone is 1. The maximum atomic E-state index is 15.4. The Kier molecular flexibility index (Phi) is 5.05. The van der Waals surface area contributed by atoms with E-state index in [-0.39, 0.29) is 39.7 Å².